The second-order valence-electron chi connectivity index (χ2n) is 15.0. The number of carbonyl (C=O) groups excluding carboxylic acids is 1. The van der Waals surface area contributed by atoms with Crippen molar-refractivity contribution in [2.45, 2.75) is 95.2 Å². The SMILES string of the molecule is Cc1c(C)c(S(=O)(=O)NC(N)=NCCC[C@H](NC(=O)c2cccn(C(c3ccc(C(F)(F)F)cc3)c3ccc(C(F)(F)F)cc3)c2=O)C(=O)O)c(C)c2c1OC(C)(C)CC2. The number of aromatic nitrogens is 1. The standard InChI is InChI=1S/C41H43F6N5O7S/c1-22-23(2)34(24(3)29-18-19-39(4,5)59-33(22)29)60(57,58)51-38(48)49-20-6-9-31(37(55)56)50-35(53)30-8-7-21-52(36(30)54)32(25-10-14-27(15-11-25)40(42,43)44)26-12-16-28(17-13-26)41(45,46)47/h7-8,10-17,21,31-32H,6,9,18-20H2,1-5H3,(H,50,53)(H,55,56)(H3,48,49,51)/t31-/m0/s1. The number of aliphatic imine (C=N–C) groups is 1. The number of hydrogen-bond donors (Lipinski definition) is 4. The Morgan fingerprint density at radius 3 is 1.98 bits per heavy atom. The van der Waals surface area contributed by atoms with E-state index in [0.717, 1.165) is 64.7 Å². The first kappa shape index (κ1) is 45.2. The lowest BCUT2D eigenvalue weighted by Crippen LogP contribution is -2.43. The van der Waals surface area contributed by atoms with Crippen molar-refractivity contribution in [3.05, 3.63) is 127 Å². The maximum absolute atomic E-state index is 13.8. The Kier molecular flexibility index (Phi) is 12.8. The maximum Gasteiger partial charge on any atom is 0.416 e. The van der Waals surface area contributed by atoms with Crippen LogP contribution in [0.4, 0.5) is 26.3 Å². The number of nitrogens with two attached hydrogens (primary N) is 1. The molecule has 3 aromatic carbocycles. The Hall–Kier alpha value is -5.85. The first-order chi connectivity index (χ1) is 27.8. The quantitative estimate of drug-likeness (QED) is 0.0519. The maximum atomic E-state index is 13.8. The summed E-state index contributed by atoms with van der Waals surface area (Å²) in [5.41, 5.74) is 4.49. The van der Waals surface area contributed by atoms with E-state index in [0.29, 0.717) is 35.3 Å². The van der Waals surface area contributed by atoms with Gasteiger partial charge in [-0.25, -0.2) is 17.9 Å². The van der Waals surface area contributed by atoms with Gasteiger partial charge < -0.3 is 25.5 Å². The summed E-state index contributed by atoms with van der Waals surface area (Å²) >= 11 is 0. The van der Waals surface area contributed by atoms with Crippen LogP contribution in [0.15, 0.2) is 81.5 Å². The number of carboxylic acid groups (broad SMARTS) is 1. The third kappa shape index (κ3) is 9.94. The number of hydrogen-bond acceptors (Lipinski definition) is 7. The molecule has 322 valence electrons. The number of carbonyl (C=O) groups is 2. The minimum Gasteiger partial charge on any atom is -0.487 e. The molecule has 4 aromatic rings. The number of amides is 1. The Balaban J connectivity index is 1.32. The van der Waals surface area contributed by atoms with E-state index in [1.165, 1.54) is 12.3 Å². The Morgan fingerprint density at radius 2 is 1.47 bits per heavy atom. The van der Waals surface area contributed by atoms with Crippen LogP contribution in [0.2, 0.25) is 0 Å². The van der Waals surface area contributed by atoms with Crippen LogP contribution in [0.5, 0.6) is 5.75 Å². The van der Waals surface area contributed by atoms with Gasteiger partial charge in [0.05, 0.1) is 22.1 Å². The Morgan fingerprint density at radius 1 is 0.917 bits per heavy atom. The minimum absolute atomic E-state index is 0.0221. The zero-order valence-electron chi connectivity index (χ0n) is 33.1. The molecule has 60 heavy (non-hydrogen) atoms. The summed E-state index contributed by atoms with van der Waals surface area (Å²) in [7, 11) is -4.22. The number of pyridine rings is 1. The fourth-order valence-electron chi connectivity index (χ4n) is 7.07. The highest BCUT2D eigenvalue weighted by atomic mass is 32.2. The highest BCUT2D eigenvalue weighted by molar-refractivity contribution is 7.90. The number of rotatable bonds is 12. The molecule has 1 amide bonds. The molecule has 1 aliphatic heterocycles. The summed E-state index contributed by atoms with van der Waals surface area (Å²) in [5.74, 6) is -2.42. The molecule has 19 heteroatoms. The molecule has 5 N–H and O–H groups in total. The van der Waals surface area contributed by atoms with Gasteiger partial charge in [0.2, 0.25) is 5.96 Å². The van der Waals surface area contributed by atoms with E-state index < -0.39 is 80.1 Å². The van der Waals surface area contributed by atoms with Crippen molar-refractivity contribution in [1.82, 2.24) is 14.6 Å². The van der Waals surface area contributed by atoms with Crippen molar-refractivity contribution in [2.75, 3.05) is 6.54 Å². The molecule has 0 saturated heterocycles. The van der Waals surface area contributed by atoms with Crippen LogP contribution < -0.4 is 26.1 Å². The number of ether oxygens (including phenoxy) is 1. The topological polar surface area (TPSA) is 182 Å². The molecular weight excluding hydrogens is 821 g/mol. The van der Waals surface area contributed by atoms with Gasteiger partial charge in [0.25, 0.3) is 21.5 Å². The lowest BCUT2D eigenvalue weighted by Gasteiger charge is -2.35. The number of nitrogens with zero attached hydrogens (tertiary/aromatic N) is 2. The number of carboxylic acids is 1. The van der Waals surface area contributed by atoms with Crippen molar-refractivity contribution in [1.29, 1.82) is 0 Å². The summed E-state index contributed by atoms with van der Waals surface area (Å²) in [5, 5.41) is 12.2. The van der Waals surface area contributed by atoms with Crippen LogP contribution >= 0.6 is 0 Å². The van der Waals surface area contributed by atoms with Crippen molar-refractivity contribution in [3.63, 3.8) is 0 Å². The van der Waals surface area contributed by atoms with Gasteiger partial charge in [0.1, 0.15) is 23.0 Å². The number of aliphatic carboxylic acids is 1. The van der Waals surface area contributed by atoms with Crippen LogP contribution in [0.25, 0.3) is 0 Å². The first-order valence-corrected chi connectivity index (χ1v) is 20.0. The van der Waals surface area contributed by atoms with Gasteiger partial charge in [-0.05, 0) is 130 Å². The molecule has 0 spiro atoms. The van der Waals surface area contributed by atoms with E-state index in [1.807, 2.05) is 13.8 Å². The molecule has 0 bridgehead atoms. The highest BCUT2D eigenvalue weighted by Crippen LogP contribution is 2.42. The monoisotopic (exact) mass is 863 g/mol. The molecule has 2 heterocycles. The van der Waals surface area contributed by atoms with Crippen molar-refractivity contribution in [2.24, 2.45) is 10.7 Å². The third-order valence-corrected chi connectivity index (χ3v) is 11.9. The number of fused-ring (bicyclic) bond motifs is 1. The van der Waals surface area contributed by atoms with Crippen molar-refractivity contribution >= 4 is 27.9 Å². The Labute approximate surface area is 341 Å². The number of nitrogens with one attached hydrogen (secondary N) is 2. The minimum atomic E-state index is -4.71. The molecule has 0 unspecified atom stereocenters. The van der Waals surface area contributed by atoms with Gasteiger partial charge in [-0.1, -0.05) is 24.3 Å². The van der Waals surface area contributed by atoms with E-state index >= 15 is 0 Å². The van der Waals surface area contributed by atoms with Crippen LogP contribution in [0, 0.1) is 20.8 Å². The second-order valence-corrected chi connectivity index (χ2v) is 16.6. The van der Waals surface area contributed by atoms with Crippen LogP contribution in [0.3, 0.4) is 0 Å². The molecule has 12 nitrogen and oxygen atoms in total. The smallest absolute Gasteiger partial charge is 0.416 e. The molecule has 1 aromatic heterocycles. The molecule has 0 radical (unpaired) electrons. The molecule has 0 aliphatic carbocycles. The van der Waals surface area contributed by atoms with Crippen LogP contribution in [-0.2, 0) is 33.6 Å². The van der Waals surface area contributed by atoms with E-state index in [2.05, 4.69) is 15.0 Å². The van der Waals surface area contributed by atoms with Gasteiger partial charge >= 0.3 is 18.3 Å². The van der Waals surface area contributed by atoms with Crippen LogP contribution in [-0.4, -0.2) is 54.1 Å². The fourth-order valence-corrected chi connectivity index (χ4v) is 8.59. The molecule has 5 rings (SSSR count). The molecular formula is C41H43F6N5O7S. The van der Waals surface area contributed by atoms with Gasteiger partial charge in [-0.3, -0.25) is 14.6 Å². The van der Waals surface area contributed by atoms with E-state index in [-0.39, 0.29) is 35.4 Å². The van der Waals surface area contributed by atoms with Gasteiger partial charge in [0, 0.05) is 12.7 Å². The van der Waals surface area contributed by atoms with E-state index in [9.17, 15) is 54.3 Å². The zero-order valence-corrected chi connectivity index (χ0v) is 33.9. The predicted molar refractivity (Wildman–Crippen MR) is 209 cm³/mol. The molecule has 0 fully saturated rings. The van der Waals surface area contributed by atoms with Gasteiger partial charge in [0.15, 0.2) is 0 Å². The van der Waals surface area contributed by atoms with Crippen molar-refractivity contribution < 1.29 is 54.2 Å². The number of halogens is 6. The Bertz CT molecular complexity index is 2420. The van der Waals surface area contributed by atoms with Crippen LogP contribution in [0.1, 0.15) is 94.0 Å². The molecule has 1 atom stereocenters. The summed E-state index contributed by atoms with van der Waals surface area (Å²) in [4.78, 5) is 43.5. The molecule has 1 aliphatic rings. The third-order valence-electron chi connectivity index (χ3n) is 10.3. The van der Waals surface area contributed by atoms with E-state index in [4.69, 9.17) is 10.5 Å². The summed E-state index contributed by atoms with van der Waals surface area (Å²) in [6.07, 6.45) is -7.20. The average Bonchev–Trinajstić information content (AvgIpc) is 3.14. The number of alkyl halides is 6. The predicted octanol–water partition coefficient (Wildman–Crippen LogP) is 6.81. The zero-order chi connectivity index (χ0) is 44.5. The van der Waals surface area contributed by atoms with Crippen molar-refractivity contribution in [3.8, 4) is 5.75 Å². The lowest BCUT2D eigenvalue weighted by atomic mass is 9.88. The lowest BCUT2D eigenvalue weighted by molar-refractivity contribution is -0.139. The average molecular weight is 864 g/mol. The molecule has 0 saturated carbocycles. The largest absolute Gasteiger partial charge is 0.487 e. The number of guanidine groups is 1. The second kappa shape index (κ2) is 17.0. The normalized spacial score (nSPS) is 14.9. The van der Waals surface area contributed by atoms with Gasteiger partial charge in [-0.15, -0.1) is 0 Å². The summed E-state index contributed by atoms with van der Waals surface area (Å²) in [6, 6.07) is 6.63. The fraction of sp³-hybridized carbons (Fsp3) is 0.366. The van der Waals surface area contributed by atoms with E-state index in [1.54, 1.807) is 20.8 Å². The number of benzene rings is 3. The highest BCUT2D eigenvalue weighted by Gasteiger charge is 2.35. The van der Waals surface area contributed by atoms with Gasteiger partial charge in [-0.2, -0.15) is 26.3 Å². The first-order valence-electron chi connectivity index (χ1n) is 18.6. The summed E-state index contributed by atoms with van der Waals surface area (Å²) < 4.78 is 117. The number of sulfonamides is 1. The summed E-state index contributed by atoms with van der Waals surface area (Å²) in [6.45, 7) is 8.88.